The first-order chi connectivity index (χ1) is 9.80. The standard InChI is InChI=1S/C17H27NOS/c1-3-13-7-10-20-14(13)12-18-15-11-16(19-4-2)17(15)8-5-6-9-17/h7,10,15-16,18H,3-6,8-9,11-12H2,1-2H3. The number of aryl methyl sites for hydroxylation is 1. The van der Waals surface area contributed by atoms with E-state index in [2.05, 4.69) is 30.6 Å². The fraction of sp³-hybridized carbons (Fsp3) is 0.765. The van der Waals surface area contributed by atoms with E-state index in [1.54, 1.807) is 0 Å². The van der Waals surface area contributed by atoms with E-state index in [1.165, 1.54) is 42.5 Å². The molecule has 0 bridgehead atoms. The minimum absolute atomic E-state index is 0.458. The Balaban J connectivity index is 1.61. The molecule has 0 aliphatic heterocycles. The maximum absolute atomic E-state index is 5.99. The largest absolute Gasteiger partial charge is 0.378 e. The average Bonchev–Trinajstić information content (AvgIpc) is 3.11. The van der Waals surface area contributed by atoms with Crippen molar-refractivity contribution in [3.63, 3.8) is 0 Å². The number of hydrogen-bond acceptors (Lipinski definition) is 3. The van der Waals surface area contributed by atoms with Gasteiger partial charge >= 0.3 is 0 Å². The molecule has 3 rings (SSSR count). The van der Waals surface area contributed by atoms with Crippen LogP contribution in [-0.2, 0) is 17.7 Å². The summed E-state index contributed by atoms with van der Waals surface area (Å²) < 4.78 is 5.99. The van der Waals surface area contributed by atoms with Crippen LogP contribution in [-0.4, -0.2) is 18.8 Å². The van der Waals surface area contributed by atoms with Crippen molar-refractivity contribution < 1.29 is 4.74 Å². The lowest BCUT2D eigenvalue weighted by atomic mass is 9.60. The predicted molar refractivity (Wildman–Crippen MR) is 85.3 cm³/mol. The molecule has 2 atom stereocenters. The molecule has 2 fully saturated rings. The van der Waals surface area contributed by atoms with Crippen molar-refractivity contribution in [1.29, 1.82) is 0 Å². The zero-order valence-electron chi connectivity index (χ0n) is 12.8. The molecule has 112 valence electrons. The van der Waals surface area contributed by atoms with Crippen molar-refractivity contribution in [2.24, 2.45) is 5.41 Å². The van der Waals surface area contributed by atoms with Gasteiger partial charge in [0.15, 0.2) is 0 Å². The molecule has 2 aliphatic rings. The third-order valence-corrected chi connectivity index (χ3v) is 6.38. The Morgan fingerprint density at radius 2 is 2.15 bits per heavy atom. The molecule has 1 aromatic rings. The third-order valence-electron chi connectivity index (χ3n) is 5.41. The van der Waals surface area contributed by atoms with Gasteiger partial charge in [-0.1, -0.05) is 19.8 Å². The quantitative estimate of drug-likeness (QED) is 0.851. The Labute approximate surface area is 126 Å². The van der Waals surface area contributed by atoms with Crippen LogP contribution in [0.4, 0.5) is 0 Å². The van der Waals surface area contributed by atoms with Gasteiger partial charge in [0.2, 0.25) is 0 Å². The molecule has 1 N–H and O–H groups in total. The summed E-state index contributed by atoms with van der Waals surface area (Å²) in [7, 11) is 0. The van der Waals surface area contributed by atoms with Crippen molar-refractivity contribution >= 4 is 11.3 Å². The van der Waals surface area contributed by atoms with E-state index in [0.29, 0.717) is 17.6 Å². The van der Waals surface area contributed by atoms with Gasteiger partial charge in [0.1, 0.15) is 0 Å². The normalized spacial score (nSPS) is 27.9. The molecular weight excluding hydrogens is 266 g/mol. The van der Waals surface area contributed by atoms with Crippen LogP contribution in [0.3, 0.4) is 0 Å². The second-order valence-electron chi connectivity index (χ2n) is 6.28. The van der Waals surface area contributed by atoms with Gasteiger partial charge in [0.05, 0.1) is 6.10 Å². The number of nitrogens with one attached hydrogen (secondary N) is 1. The SMILES string of the molecule is CCOC1CC(NCc2sccc2CC)C12CCCC2. The van der Waals surface area contributed by atoms with Gasteiger partial charge in [0.25, 0.3) is 0 Å². The first-order valence-corrected chi connectivity index (χ1v) is 9.08. The summed E-state index contributed by atoms with van der Waals surface area (Å²) >= 11 is 1.90. The second-order valence-corrected chi connectivity index (χ2v) is 7.28. The van der Waals surface area contributed by atoms with Crippen LogP contribution in [0.2, 0.25) is 0 Å². The van der Waals surface area contributed by atoms with Gasteiger partial charge in [-0.3, -0.25) is 0 Å². The maximum Gasteiger partial charge on any atom is 0.0661 e. The summed E-state index contributed by atoms with van der Waals surface area (Å²) in [6.07, 6.45) is 8.38. The van der Waals surface area contributed by atoms with Crippen molar-refractivity contribution in [2.75, 3.05) is 6.61 Å². The minimum atomic E-state index is 0.458. The molecule has 1 heterocycles. The van der Waals surface area contributed by atoms with E-state index in [-0.39, 0.29) is 0 Å². The van der Waals surface area contributed by atoms with E-state index in [0.717, 1.165) is 19.6 Å². The molecule has 2 unspecified atom stereocenters. The molecule has 0 aromatic carbocycles. The monoisotopic (exact) mass is 293 g/mol. The van der Waals surface area contributed by atoms with E-state index in [9.17, 15) is 0 Å². The molecule has 3 heteroatoms. The predicted octanol–water partition coefficient (Wildman–Crippen LogP) is 4.14. The average molecular weight is 293 g/mol. The summed E-state index contributed by atoms with van der Waals surface area (Å²) in [6.45, 7) is 6.29. The molecular formula is C17H27NOS. The lowest BCUT2D eigenvalue weighted by Crippen LogP contribution is -2.62. The van der Waals surface area contributed by atoms with Crippen LogP contribution in [0.1, 0.15) is 56.4 Å². The third kappa shape index (κ3) is 2.44. The highest BCUT2D eigenvalue weighted by atomic mass is 32.1. The number of thiophene rings is 1. The summed E-state index contributed by atoms with van der Waals surface area (Å²) in [5.41, 5.74) is 1.98. The van der Waals surface area contributed by atoms with Gasteiger partial charge in [-0.25, -0.2) is 0 Å². The van der Waals surface area contributed by atoms with E-state index < -0.39 is 0 Å². The summed E-state index contributed by atoms with van der Waals surface area (Å²) in [5.74, 6) is 0. The summed E-state index contributed by atoms with van der Waals surface area (Å²) in [6, 6.07) is 2.95. The molecule has 0 radical (unpaired) electrons. The molecule has 20 heavy (non-hydrogen) atoms. The number of ether oxygens (including phenoxy) is 1. The van der Waals surface area contributed by atoms with E-state index in [1.807, 2.05) is 11.3 Å². The summed E-state index contributed by atoms with van der Waals surface area (Å²) in [5, 5.41) is 6.07. The van der Waals surface area contributed by atoms with Crippen LogP contribution >= 0.6 is 11.3 Å². The lowest BCUT2D eigenvalue weighted by molar-refractivity contribution is -0.130. The zero-order chi connectivity index (χ0) is 14.0. The molecule has 2 saturated carbocycles. The Bertz CT molecular complexity index is 436. The number of rotatable bonds is 6. The van der Waals surface area contributed by atoms with Gasteiger partial charge in [-0.15, -0.1) is 11.3 Å². The molecule has 0 amide bonds. The number of hydrogen-bond donors (Lipinski definition) is 1. The lowest BCUT2D eigenvalue weighted by Gasteiger charge is -2.54. The van der Waals surface area contributed by atoms with Gasteiger partial charge in [0, 0.05) is 29.5 Å². The Morgan fingerprint density at radius 3 is 2.85 bits per heavy atom. The highest BCUT2D eigenvalue weighted by Gasteiger charge is 2.56. The van der Waals surface area contributed by atoms with Crippen LogP contribution in [0.15, 0.2) is 11.4 Å². The second kappa shape index (κ2) is 6.17. The van der Waals surface area contributed by atoms with Gasteiger partial charge in [-0.2, -0.15) is 0 Å². The molecule has 0 saturated heterocycles. The first-order valence-electron chi connectivity index (χ1n) is 8.20. The van der Waals surface area contributed by atoms with Crippen LogP contribution in [0, 0.1) is 5.41 Å². The molecule has 2 aliphatic carbocycles. The van der Waals surface area contributed by atoms with E-state index in [4.69, 9.17) is 4.74 Å². The first kappa shape index (κ1) is 14.6. The fourth-order valence-corrected chi connectivity index (χ4v) is 5.15. The Kier molecular flexibility index (Phi) is 4.49. The van der Waals surface area contributed by atoms with E-state index >= 15 is 0 Å². The Hall–Kier alpha value is -0.380. The Morgan fingerprint density at radius 1 is 1.35 bits per heavy atom. The highest BCUT2D eigenvalue weighted by Crippen LogP contribution is 2.54. The fourth-order valence-electron chi connectivity index (χ4n) is 4.23. The van der Waals surface area contributed by atoms with Crippen LogP contribution in [0.25, 0.3) is 0 Å². The van der Waals surface area contributed by atoms with Crippen molar-refractivity contribution in [3.8, 4) is 0 Å². The zero-order valence-corrected chi connectivity index (χ0v) is 13.6. The van der Waals surface area contributed by atoms with Gasteiger partial charge < -0.3 is 10.1 Å². The van der Waals surface area contributed by atoms with Gasteiger partial charge in [-0.05, 0) is 49.6 Å². The summed E-state index contributed by atoms with van der Waals surface area (Å²) in [4.78, 5) is 1.53. The van der Waals surface area contributed by atoms with Crippen molar-refractivity contribution in [2.45, 2.75) is 71.1 Å². The van der Waals surface area contributed by atoms with Crippen LogP contribution in [0.5, 0.6) is 0 Å². The maximum atomic E-state index is 5.99. The van der Waals surface area contributed by atoms with Crippen molar-refractivity contribution in [1.82, 2.24) is 5.32 Å². The molecule has 1 aromatic heterocycles. The smallest absolute Gasteiger partial charge is 0.0661 e. The highest BCUT2D eigenvalue weighted by molar-refractivity contribution is 7.10. The topological polar surface area (TPSA) is 21.3 Å². The minimum Gasteiger partial charge on any atom is -0.378 e. The van der Waals surface area contributed by atoms with Crippen molar-refractivity contribution in [3.05, 3.63) is 21.9 Å². The molecule has 2 nitrogen and oxygen atoms in total. The molecule has 1 spiro atoms. The van der Waals surface area contributed by atoms with Crippen LogP contribution < -0.4 is 5.32 Å².